The predicted molar refractivity (Wildman–Crippen MR) is 282 cm³/mol. The molecule has 0 heterocycles. The summed E-state index contributed by atoms with van der Waals surface area (Å²) >= 11 is 2.67. The molecule has 1 aromatic carbocycles. The maximum Gasteiger partial charge on any atom is 0.326 e. The van der Waals surface area contributed by atoms with Crippen molar-refractivity contribution in [1.29, 1.82) is 0 Å². The zero-order valence-corrected chi connectivity index (χ0v) is 45.6. The molecular formula is C48H76N10O17S2. The highest BCUT2D eigenvalue weighted by atomic mass is 32.2. The van der Waals surface area contributed by atoms with Gasteiger partial charge in [0.2, 0.25) is 53.2 Å². The number of aliphatic hydroxyl groups is 1. The maximum atomic E-state index is 14.1. The van der Waals surface area contributed by atoms with Gasteiger partial charge in [-0.05, 0) is 85.7 Å². The molecule has 0 aromatic heterocycles. The average molecular weight is 1130 g/mol. The molecule has 10 atom stereocenters. The second kappa shape index (κ2) is 35.6. The standard InChI is InChI=1S/C48H76N10O17S2/c1-7-25(4)39(58-43(69)31(16-18-76-5)51-40(66)28(49)23-59)47(73)53-30(13-15-38(64)65)42(68)57-35(22-36(50)61)46(72)55-33(20-24(2)3)44(70)52-29(12-14-37(62)63)41(67)56-34(21-26-8-10-27(60)11-9-26)45(71)54-32(48(74)75)17-19-77-6/h8-11,24-25,28-35,39,59-60H,7,12-23,49H2,1-6H3,(H2,50,61)(H,51,66)(H,52,70)(H,53,73)(H,54,71)(H,55,72)(H,56,67)(H,57,68)(H,58,69)(H,62,63)(H,64,65)(H,74,75)/t25-,28-,29-,30-,31-,32-,33-,34-,35-,39-/m0/s1. The second-order valence-corrected chi connectivity index (χ2v) is 20.5. The number of nitrogens with one attached hydrogen (secondary N) is 8. The van der Waals surface area contributed by atoms with E-state index in [0.717, 1.165) is 0 Å². The van der Waals surface area contributed by atoms with Crippen molar-refractivity contribution >= 4 is 94.6 Å². The molecular weight excluding hydrogens is 1050 g/mol. The minimum Gasteiger partial charge on any atom is -0.508 e. The predicted octanol–water partition coefficient (Wildman–Crippen LogP) is -2.58. The minimum atomic E-state index is -1.89. The molecule has 432 valence electrons. The fourth-order valence-electron chi connectivity index (χ4n) is 7.20. The lowest BCUT2D eigenvalue weighted by atomic mass is 9.96. The summed E-state index contributed by atoms with van der Waals surface area (Å²) in [6, 6.07) is -8.28. The molecule has 0 bridgehead atoms. The van der Waals surface area contributed by atoms with Gasteiger partial charge < -0.3 is 79.5 Å². The lowest BCUT2D eigenvalue weighted by Crippen LogP contribution is -2.61. The van der Waals surface area contributed by atoms with E-state index in [1.54, 1.807) is 40.2 Å². The van der Waals surface area contributed by atoms with E-state index in [1.807, 2.05) is 0 Å². The van der Waals surface area contributed by atoms with Crippen LogP contribution >= 0.6 is 23.5 Å². The molecule has 27 nitrogen and oxygen atoms in total. The van der Waals surface area contributed by atoms with Crippen molar-refractivity contribution < 1.29 is 83.1 Å². The monoisotopic (exact) mass is 1130 g/mol. The SMILES string of the molecule is CC[C@H](C)[C@H](NC(=O)[C@H](CCSC)NC(=O)[C@@H](N)CO)C(=O)N[C@@H](CCC(=O)O)C(=O)N[C@@H](CC(N)=O)C(=O)N[C@@H](CC(C)C)C(=O)N[C@@H](CCC(=O)O)C(=O)N[C@@H](Cc1ccc(O)cc1)C(=O)N[C@@H](CCSC)C(=O)O. The Morgan fingerprint density at radius 3 is 1.42 bits per heavy atom. The summed E-state index contributed by atoms with van der Waals surface area (Å²) in [5.74, 6) is -13.8. The van der Waals surface area contributed by atoms with E-state index >= 15 is 0 Å². The number of carbonyl (C=O) groups excluding carboxylic acids is 9. The van der Waals surface area contributed by atoms with Crippen LogP contribution in [0.5, 0.6) is 5.75 Å². The minimum absolute atomic E-state index is 0.0157. The van der Waals surface area contributed by atoms with E-state index in [2.05, 4.69) is 42.5 Å². The largest absolute Gasteiger partial charge is 0.508 e. The molecule has 0 saturated carbocycles. The van der Waals surface area contributed by atoms with Crippen LogP contribution in [-0.2, 0) is 64.0 Å². The molecule has 29 heteroatoms. The van der Waals surface area contributed by atoms with Crippen LogP contribution in [-0.4, -0.2) is 182 Å². The first-order chi connectivity index (χ1) is 36.2. The van der Waals surface area contributed by atoms with Crippen LogP contribution in [0.25, 0.3) is 0 Å². The van der Waals surface area contributed by atoms with Gasteiger partial charge in [-0.1, -0.05) is 46.2 Å². The Kier molecular flexibility index (Phi) is 31.6. The van der Waals surface area contributed by atoms with Gasteiger partial charge in [0.25, 0.3) is 0 Å². The Labute approximate surface area is 454 Å². The molecule has 0 spiro atoms. The Hall–Kier alpha value is -6.72. The van der Waals surface area contributed by atoms with E-state index < -0.39 is 176 Å². The number of benzene rings is 1. The third-order valence-electron chi connectivity index (χ3n) is 11.7. The zero-order valence-electron chi connectivity index (χ0n) is 44.0. The van der Waals surface area contributed by atoms with Crippen molar-refractivity contribution in [1.82, 2.24) is 42.5 Å². The van der Waals surface area contributed by atoms with Gasteiger partial charge in [0, 0.05) is 19.3 Å². The number of aromatic hydroxyl groups is 1. The number of carbonyl (C=O) groups is 12. The van der Waals surface area contributed by atoms with Crippen LogP contribution in [0.4, 0.5) is 0 Å². The summed E-state index contributed by atoms with van der Waals surface area (Å²) in [5, 5.41) is 67.4. The summed E-state index contributed by atoms with van der Waals surface area (Å²) in [7, 11) is 0. The number of aliphatic hydroxyl groups excluding tert-OH is 1. The second-order valence-electron chi connectivity index (χ2n) is 18.5. The van der Waals surface area contributed by atoms with Gasteiger partial charge in [-0.2, -0.15) is 23.5 Å². The van der Waals surface area contributed by atoms with Crippen molar-refractivity contribution in [3.8, 4) is 5.75 Å². The van der Waals surface area contributed by atoms with Gasteiger partial charge in [0.05, 0.1) is 13.0 Å². The lowest BCUT2D eigenvalue weighted by molar-refractivity contribution is -0.142. The molecule has 0 unspecified atom stereocenters. The van der Waals surface area contributed by atoms with E-state index in [4.69, 9.17) is 11.5 Å². The van der Waals surface area contributed by atoms with Gasteiger partial charge in [-0.3, -0.25) is 52.7 Å². The highest BCUT2D eigenvalue weighted by Gasteiger charge is 2.37. The first-order valence-electron chi connectivity index (χ1n) is 24.7. The number of phenolic OH excluding ortho intramolecular Hbond substituents is 1. The summed E-state index contributed by atoms with van der Waals surface area (Å²) in [6.07, 6.45) is -0.0327. The van der Waals surface area contributed by atoms with E-state index in [0.29, 0.717) is 17.1 Å². The molecule has 1 rings (SSSR count). The Morgan fingerprint density at radius 2 is 0.948 bits per heavy atom. The van der Waals surface area contributed by atoms with E-state index in [9.17, 15) is 83.1 Å². The molecule has 0 fully saturated rings. The van der Waals surface area contributed by atoms with Gasteiger partial charge >= 0.3 is 17.9 Å². The Balaban J connectivity index is 3.59. The topological polar surface area (TPSA) is 454 Å². The number of nitrogens with two attached hydrogens (primary N) is 2. The molecule has 17 N–H and O–H groups in total. The number of carboxylic acid groups (broad SMARTS) is 3. The summed E-state index contributed by atoms with van der Waals surface area (Å²) in [4.78, 5) is 158. The first kappa shape index (κ1) is 68.3. The number of aliphatic carboxylic acids is 3. The molecule has 77 heavy (non-hydrogen) atoms. The molecule has 0 aliphatic heterocycles. The summed E-state index contributed by atoms with van der Waals surface area (Å²) < 4.78 is 0. The quantitative estimate of drug-likeness (QED) is 0.0323. The van der Waals surface area contributed by atoms with Crippen LogP contribution in [0.15, 0.2) is 24.3 Å². The normalized spacial score (nSPS) is 15.0. The fraction of sp³-hybridized carbons (Fsp3) is 0.625. The highest BCUT2D eigenvalue weighted by Crippen LogP contribution is 2.15. The van der Waals surface area contributed by atoms with Gasteiger partial charge in [-0.25, -0.2) is 4.79 Å². The third-order valence-corrected chi connectivity index (χ3v) is 13.0. The number of phenols is 1. The number of hydrogen-bond acceptors (Lipinski definition) is 17. The molecule has 1 aromatic rings. The smallest absolute Gasteiger partial charge is 0.326 e. The zero-order chi connectivity index (χ0) is 58.5. The first-order valence-corrected chi connectivity index (χ1v) is 27.5. The molecule has 0 aliphatic carbocycles. The number of amides is 9. The van der Waals surface area contributed by atoms with Crippen molar-refractivity contribution in [2.24, 2.45) is 23.3 Å². The van der Waals surface area contributed by atoms with Crippen LogP contribution in [0.1, 0.15) is 91.0 Å². The van der Waals surface area contributed by atoms with Crippen LogP contribution in [0, 0.1) is 11.8 Å². The highest BCUT2D eigenvalue weighted by molar-refractivity contribution is 7.98. The molecule has 0 radical (unpaired) electrons. The van der Waals surface area contributed by atoms with Crippen molar-refractivity contribution in [3.05, 3.63) is 29.8 Å². The fourth-order valence-corrected chi connectivity index (χ4v) is 8.14. The molecule has 0 saturated heterocycles. The lowest BCUT2D eigenvalue weighted by Gasteiger charge is -2.29. The number of carboxylic acids is 3. The molecule has 9 amide bonds. The van der Waals surface area contributed by atoms with Gasteiger partial charge in [-0.15, -0.1) is 0 Å². The Bertz CT molecular complexity index is 2190. The van der Waals surface area contributed by atoms with Crippen molar-refractivity contribution in [3.63, 3.8) is 0 Å². The van der Waals surface area contributed by atoms with Gasteiger partial charge in [0.1, 0.15) is 60.1 Å². The Morgan fingerprint density at radius 1 is 0.545 bits per heavy atom. The van der Waals surface area contributed by atoms with Crippen molar-refractivity contribution in [2.75, 3.05) is 30.6 Å². The number of thioether (sulfide) groups is 2. The van der Waals surface area contributed by atoms with E-state index in [1.165, 1.54) is 47.8 Å². The molecule has 0 aliphatic rings. The van der Waals surface area contributed by atoms with Crippen LogP contribution in [0.3, 0.4) is 0 Å². The van der Waals surface area contributed by atoms with E-state index in [-0.39, 0.29) is 37.9 Å². The summed E-state index contributed by atoms with van der Waals surface area (Å²) in [6.45, 7) is 5.86. The van der Waals surface area contributed by atoms with Crippen LogP contribution < -0.4 is 54.0 Å². The maximum absolute atomic E-state index is 14.1. The average Bonchev–Trinajstić information content (AvgIpc) is 3.36. The number of rotatable bonds is 38. The number of hydrogen-bond donors (Lipinski definition) is 15. The third kappa shape index (κ3) is 26.3. The van der Waals surface area contributed by atoms with Crippen LogP contribution in [0.2, 0.25) is 0 Å². The van der Waals surface area contributed by atoms with Crippen molar-refractivity contribution in [2.45, 2.75) is 146 Å². The van der Waals surface area contributed by atoms with Gasteiger partial charge in [0.15, 0.2) is 0 Å². The number of primary amides is 1. The summed E-state index contributed by atoms with van der Waals surface area (Å²) in [5.41, 5.74) is 11.5.